The Morgan fingerprint density at radius 3 is 2.72 bits per heavy atom. The largest absolute Gasteiger partial charge is 0.322 e. The molecule has 3 nitrogen and oxygen atoms in total. The fraction of sp³-hybridized carbons (Fsp3) is 0.357. The average molecular weight is 262 g/mol. The van der Waals surface area contributed by atoms with E-state index in [0.717, 1.165) is 12.1 Å². The van der Waals surface area contributed by atoms with Crippen molar-refractivity contribution < 1.29 is 0 Å². The van der Waals surface area contributed by atoms with E-state index in [1.165, 1.54) is 5.56 Å². The topological polar surface area (TPSA) is 43.8 Å². The Bertz CT molecular complexity index is 530. The lowest BCUT2D eigenvalue weighted by molar-refractivity contribution is 0.555. The van der Waals surface area contributed by atoms with Crippen LogP contribution in [-0.2, 0) is 7.05 Å². The van der Waals surface area contributed by atoms with Gasteiger partial charge in [0.1, 0.15) is 0 Å². The Labute approximate surface area is 112 Å². The summed E-state index contributed by atoms with van der Waals surface area (Å²) in [5.74, 6) is 1.03. The molecule has 2 N–H and O–H groups in total. The van der Waals surface area contributed by atoms with E-state index in [2.05, 4.69) is 29.4 Å². The lowest BCUT2D eigenvalue weighted by atomic mass is 10.0. The normalized spacial score (nSPS) is 23.9. The molecule has 1 aliphatic rings. The number of hydrogen-bond acceptors (Lipinski definition) is 2. The van der Waals surface area contributed by atoms with Crippen LogP contribution in [0, 0.1) is 5.92 Å². The van der Waals surface area contributed by atoms with Gasteiger partial charge in [0, 0.05) is 7.05 Å². The van der Waals surface area contributed by atoms with Gasteiger partial charge in [0.2, 0.25) is 0 Å². The molecule has 4 heteroatoms. The molecule has 94 valence electrons. The molecule has 0 saturated heterocycles. The second-order valence-corrected chi connectivity index (χ2v) is 5.35. The zero-order valence-electron chi connectivity index (χ0n) is 10.3. The first-order chi connectivity index (χ1) is 8.68. The van der Waals surface area contributed by atoms with Crippen LogP contribution in [0.2, 0.25) is 5.02 Å². The molecule has 1 aliphatic carbocycles. The van der Waals surface area contributed by atoms with Gasteiger partial charge in [-0.2, -0.15) is 5.10 Å². The number of aryl methyl sites for hydroxylation is 1. The molecule has 0 amide bonds. The number of benzene rings is 1. The second kappa shape index (κ2) is 4.41. The Morgan fingerprint density at radius 2 is 2.11 bits per heavy atom. The van der Waals surface area contributed by atoms with Crippen LogP contribution in [0.3, 0.4) is 0 Å². The maximum absolute atomic E-state index is 6.33. The molecule has 0 spiro atoms. The van der Waals surface area contributed by atoms with Crippen LogP contribution in [0.25, 0.3) is 0 Å². The summed E-state index contributed by atoms with van der Waals surface area (Å²) in [6, 6.07) is 10.5. The minimum Gasteiger partial charge on any atom is -0.322 e. The van der Waals surface area contributed by atoms with Gasteiger partial charge in [0.15, 0.2) is 0 Å². The summed E-state index contributed by atoms with van der Waals surface area (Å²) >= 11 is 6.14. The highest BCUT2D eigenvalue weighted by Crippen LogP contribution is 2.53. The van der Waals surface area contributed by atoms with E-state index in [-0.39, 0.29) is 6.04 Å². The smallest absolute Gasteiger partial charge is 0.0834 e. The van der Waals surface area contributed by atoms with Gasteiger partial charge in [-0.3, -0.25) is 4.68 Å². The average Bonchev–Trinajstić information content (AvgIpc) is 3.11. The maximum Gasteiger partial charge on any atom is 0.0834 e. The van der Waals surface area contributed by atoms with Crippen molar-refractivity contribution in [2.75, 3.05) is 0 Å². The molecule has 0 radical (unpaired) electrons. The van der Waals surface area contributed by atoms with Crippen molar-refractivity contribution in [2.24, 2.45) is 18.7 Å². The van der Waals surface area contributed by atoms with Crippen molar-refractivity contribution >= 4 is 11.6 Å². The van der Waals surface area contributed by atoms with Gasteiger partial charge < -0.3 is 5.73 Å². The summed E-state index contributed by atoms with van der Waals surface area (Å²) in [6.45, 7) is 0. The van der Waals surface area contributed by atoms with Crippen LogP contribution in [0.1, 0.15) is 29.6 Å². The van der Waals surface area contributed by atoms with Crippen LogP contribution in [0.15, 0.2) is 36.5 Å². The fourth-order valence-electron chi connectivity index (χ4n) is 2.69. The third-order valence-corrected chi connectivity index (χ3v) is 4.07. The van der Waals surface area contributed by atoms with Crippen molar-refractivity contribution in [1.82, 2.24) is 9.78 Å². The number of hydrogen-bond donors (Lipinski definition) is 1. The van der Waals surface area contributed by atoms with E-state index in [1.54, 1.807) is 10.9 Å². The van der Waals surface area contributed by atoms with Gasteiger partial charge in [-0.1, -0.05) is 41.9 Å². The Kier molecular flexibility index (Phi) is 2.88. The zero-order chi connectivity index (χ0) is 12.7. The van der Waals surface area contributed by atoms with Gasteiger partial charge in [0.25, 0.3) is 0 Å². The van der Waals surface area contributed by atoms with E-state index in [4.69, 9.17) is 17.3 Å². The highest BCUT2D eigenvalue weighted by atomic mass is 35.5. The number of nitrogens with zero attached hydrogens (tertiary/aromatic N) is 2. The Balaban J connectivity index is 1.79. The predicted octanol–water partition coefficient (Wildman–Crippen LogP) is 2.88. The third-order valence-electron chi connectivity index (χ3n) is 3.78. The lowest BCUT2D eigenvalue weighted by Crippen LogP contribution is -2.17. The first kappa shape index (κ1) is 11.8. The summed E-state index contributed by atoms with van der Waals surface area (Å²) < 4.78 is 1.79. The van der Waals surface area contributed by atoms with Crippen molar-refractivity contribution in [3.8, 4) is 0 Å². The molecule has 0 aliphatic heterocycles. The summed E-state index contributed by atoms with van der Waals surface area (Å²) in [7, 11) is 1.89. The van der Waals surface area contributed by atoms with Crippen molar-refractivity contribution in [3.63, 3.8) is 0 Å². The summed E-state index contributed by atoms with van der Waals surface area (Å²) in [5, 5.41) is 4.82. The molecule has 1 aromatic heterocycles. The van der Waals surface area contributed by atoms with Crippen molar-refractivity contribution in [2.45, 2.75) is 18.4 Å². The number of rotatable bonds is 3. The number of aromatic nitrogens is 2. The first-order valence-corrected chi connectivity index (χ1v) is 6.54. The van der Waals surface area contributed by atoms with E-state index >= 15 is 0 Å². The summed E-state index contributed by atoms with van der Waals surface area (Å²) in [5.41, 5.74) is 8.64. The zero-order valence-corrected chi connectivity index (χ0v) is 11.0. The van der Waals surface area contributed by atoms with Crippen molar-refractivity contribution in [1.29, 1.82) is 0 Å². The maximum atomic E-state index is 6.33. The van der Waals surface area contributed by atoms with Gasteiger partial charge >= 0.3 is 0 Å². The summed E-state index contributed by atoms with van der Waals surface area (Å²) in [4.78, 5) is 0. The van der Waals surface area contributed by atoms with Crippen LogP contribution in [-0.4, -0.2) is 9.78 Å². The Hall–Kier alpha value is -1.32. The van der Waals surface area contributed by atoms with E-state index in [9.17, 15) is 0 Å². The van der Waals surface area contributed by atoms with Crippen LogP contribution < -0.4 is 5.73 Å². The molecule has 1 saturated carbocycles. The molecular weight excluding hydrogens is 246 g/mol. The quantitative estimate of drug-likeness (QED) is 0.923. The highest BCUT2D eigenvalue weighted by molar-refractivity contribution is 6.31. The molecule has 3 unspecified atom stereocenters. The van der Waals surface area contributed by atoms with Gasteiger partial charge in [-0.25, -0.2) is 0 Å². The predicted molar refractivity (Wildman–Crippen MR) is 72.4 cm³/mol. The molecule has 18 heavy (non-hydrogen) atoms. The summed E-state index contributed by atoms with van der Waals surface area (Å²) in [6.07, 6.45) is 2.79. The van der Waals surface area contributed by atoms with Crippen LogP contribution in [0.5, 0.6) is 0 Å². The van der Waals surface area contributed by atoms with E-state index in [0.29, 0.717) is 16.9 Å². The minimum atomic E-state index is -0.0322. The standard InChI is InChI=1S/C14H16ClN3/c1-18-14(12(15)8-17-18)13(16)11-7-10(11)9-5-3-2-4-6-9/h2-6,8,10-11,13H,7,16H2,1H3. The lowest BCUT2D eigenvalue weighted by Gasteiger charge is -2.12. The fourth-order valence-corrected chi connectivity index (χ4v) is 2.98. The molecule has 1 fully saturated rings. The molecule has 0 bridgehead atoms. The third kappa shape index (κ3) is 1.93. The van der Waals surface area contributed by atoms with Gasteiger partial charge in [-0.05, 0) is 23.8 Å². The SMILES string of the molecule is Cn1ncc(Cl)c1C(N)C1CC1c1ccccc1. The number of halogens is 1. The molecular formula is C14H16ClN3. The number of nitrogens with two attached hydrogens (primary N) is 1. The van der Waals surface area contributed by atoms with Crippen LogP contribution in [0.4, 0.5) is 0 Å². The molecule has 2 aromatic rings. The Morgan fingerprint density at radius 1 is 1.39 bits per heavy atom. The second-order valence-electron chi connectivity index (χ2n) is 4.94. The monoisotopic (exact) mass is 261 g/mol. The molecule has 3 rings (SSSR count). The van der Waals surface area contributed by atoms with Crippen molar-refractivity contribution in [3.05, 3.63) is 52.8 Å². The molecule has 1 aromatic carbocycles. The van der Waals surface area contributed by atoms with Gasteiger partial charge in [-0.15, -0.1) is 0 Å². The van der Waals surface area contributed by atoms with E-state index < -0.39 is 0 Å². The first-order valence-electron chi connectivity index (χ1n) is 6.16. The molecule has 1 heterocycles. The van der Waals surface area contributed by atoms with E-state index in [1.807, 2.05) is 13.1 Å². The minimum absolute atomic E-state index is 0.0322. The highest BCUT2D eigenvalue weighted by Gasteiger charge is 2.44. The van der Waals surface area contributed by atoms with Gasteiger partial charge in [0.05, 0.1) is 23.0 Å². The molecule has 3 atom stereocenters. The van der Waals surface area contributed by atoms with Crippen LogP contribution >= 0.6 is 11.6 Å².